The monoisotopic (exact) mass is 317 g/mol. The SMILES string of the molecule is COC(CNC(=O)C(C)(C)c1ccc(Cl)cc1F)C(=O)O. The average Bonchev–Trinajstić information content (AvgIpc) is 2.38. The Morgan fingerprint density at radius 3 is 2.57 bits per heavy atom. The summed E-state index contributed by atoms with van der Waals surface area (Å²) in [5.74, 6) is -2.29. The van der Waals surface area contributed by atoms with Gasteiger partial charge in [0, 0.05) is 17.7 Å². The standard InChI is InChI=1S/C14H17ClFNO4/c1-14(2,9-5-4-8(15)6-10(9)16)13(20)17-7-11(21-3)12(18)19/h4-6,11H,7H2,1-3H3,(H,17,20)(H,18,19). The minimum absolute atomic E-state index is 0.175. The zero-order chi connectivity index (χ0) is 16.2. The van der Waals surface area contributed by atoms with Crippen LogP contribution in [0.25, 0.3) is 0 Å². The Labute approximate surface area is 127 Å². The van der Waals surface area contributed by atoms with Crippen molar-refractivity contribution >= 4 is 23.5 Å². The van der Waals surface area contributed by atoms with Crippen LogP contribution in [-0.2, 0) is 19.7 Å². The lowest BCUT2D eigenvalue weighted by atomic mass is 9.83. The normalized spacial score (nSPS) is 12.8. The van der Waals surface area contributed by atoms with Crippen LogP contribution >= 0.6 is 11.6 Å². The molecule has 1 aromatic carbocycles. The van der Waals surface area contributed by atoms with Gasteiger partial charge in [-0.05, 0) is 26.0 Å². The zero-order valence-electron chi connectivity index (χ0n) is 11.9. The van der Waals surface area contributed by atoms with Crippen LogP contribution < -0.4 is 5.32 Å². The van der Waals surface area contributed by atoms with Crippen molar-refractivity contribution in [2.45, 2.75) is 25.4 Å². The van der Waals surface area contributed by atoms with E-state index in [1.807, 2.05) is 0 Å². The molecule has 0 aliphatic carbocycles. The molecule has 5 nitrogen and oxygen atoms in total. The van der Waals surface area contributed by atoms with Gasteiger partial charge >= 0.3 is 5.97 Å². The van der Waals surface area contributed by atoms with Crippen LogP contribution in [0.1, 0.15) is 19.4 Å². The smallest absolute Gasteiger partial charge is 0.334 e. The minimum atomic E-state index is -1.19. The maximum Gasteiger partial charge on any atom is 0.334 e. The Morgan fingerprint density at radius 2 is 2.10 bits per heavy atom. The molecule has 0 saturated heterocycles. The molecule has 0 fully saturated rings. The third-order valence-corrected chi connectivity index (χ3v) is 3.42. The molecule has 1 rings (SSSR count). The lowest BCUT2D eigenvalue weighted by Crippen LogP contribution is -2.45. The summed E-state index contributed by atoms with van der Waals surface area (Å²) in [6, 6.07) is 4.05. The van der Waals surface area contributed by atoms with E-state index in [1.54, 1.807) is 0 Å². The molecular weight excluding hydrogens is 301 g/mol. The first kappa shape index (κ1) is 17.4. The van der Waals surface area contributed by atoms with E-state index < -0.39 is 29.2 Å². The molecule has 1 unspecified atom stereocenters. The largest absolute Gasteiger partial charge is 0.479 e. The predicted octanol–water partition coefficient (Wildman–Crippen LogP) is 1.97. The minimum Gasteiger partial charge on any atom is -0.479 e. The van der Waals surface area contributed by atoms with Crippen molar-refractivity contribution in [2.24, 2.45) is 0 Å². The molecule has 1 atom stereocenters. The summed E-state index contributed by atoms with van der Waals surface area (Å²) in [4.78, 5) is 23.0. The highest BCUT2D eigenvalue weighted by Crippen LogP contribution is 2.27. The van der Waals surface area contributed by atoms with Gasteiger partial charge in [-0.3, -0.25) is 4.79 Å². The Bertz CT molecular complexity index is 548. The van der Waals surface area contributed by atoms with E-state index in [9.17, 15) is 14.0 Å². The van der Waals surface area contributed by atoms with Crippen LogP contribution in [0.15, 0.2) is 18.2 Å². The molecule has 0 radical (unpaired) electrons. The number of hydrogen-bond donors (Lipinski definition) is 2. The van der Waals surface area contributed by atoms with Crippen LogP contribution in [-0.4, -0.2) is 36.7 Å². The van der Waals surface area contributed by atoms with Crippen molar-refractivity contribution in [3.63, 3.8) is 0 Å². The van der Waals surface area contributed by atoms with Crippen molar-refractivity contribution in [3.8, 4) is 0 Å². The third-order valence-electron chi connectivity index (χ3n) is 3.18. The first-order valence-corrected chi connectivity index (χ1v) is 6.57. The van der Waals surface area contributed by atoms with Gasteiger partial charge in [0.15, 0.2) is 6.10 Å². The molecule has 0 aliphatic heterocycles. The van der Waals surface area contributed by atoms with Gasteiger partial charge in [-0.25, -0.2) is 9.18 Å². The van der Waals surface area contributed by atoms with Gasteiger partial charge in [0.25, 0.3) is 0 Å². The molecule has 1 amide bonds. The van der Waals surface area contributed by atoms with Crippen molar-refractivity contribution < 1.29 is 23.8 Å². The van der Waals surface area contributed by atoms with Gasteiger partial charge in [0.2, 0.25) is 5.91 Å². The molecule has 0 bridgehead atoms. The summed E-state index contributed by atoms with van der Waals surface area (Å²) in [6.45, 7) is 2.87. The fourth-order valence-corrected chi connectivity index (χ4v) is 1.96. The van der Waals surface area contributed by atoms with Crippen LogP contribution in [0, 0.1) is 5.82 Å². The van der Waals surface area contributed by atoms with Gasteiger partial charge < -0.3 is 15.2 Å². The summed E-state index contributed by atoms with van der Waals surface area (Å²) in [7, 11) is 1.23. The highest BCUT2D eigenvalue weighted by Gasteiger charge is 2.33. The fourth-order valence-electron chi connectivity index (χ4n) is 1.80. The molecule has 0 heterocycles. The number of carbonyl (C=O) groups is 2. The van der Waals surface area contributed by atoms with Crippen LogP contribution in [0.2, 0.25) is 5.02 Å². The van der Waals surface area contributed by atoms with E-state index in [0.717, 1.165) is 6.07 Å². The number of amides is 1. The molecule has 0 spiro atoms. The first-order valence-electron chi connectivity index (χ1n) is 6.19. The highest BCUT2D eigenvalue weighted by atomic mass is 35.5. The summed E-state index contributed by atoms with van der Waals surface area (Å²) in [6.07, 6.45) is -1.15. The number of aliphatic carboxylic acids is 1. The molecule has 2 N–H and O–H groups in total. The zero-order valence-corrected chi connectivity index (χ0v) is 12.7. The van der Waals surface area contributed by atoms with Crippen molar-refractivity contribution in [2.75, 3.05) is 13.7 Å². The quantitative estimate of drug-likeness (QED) is 0.841. The lowest BCUT2D eigenvalue weighted by molar-refractivity contribution is -0.148. The van der Waals surface area contributed by atoms with Crippen molar-refractivity contribution in [3.05, 3.63) is 34.6 Å². The van der Waals surface area contributed by atoms with E-state index in [4.69, 9.17) is 21.4 Å². The predicted molar refractivity (Wildman–Crippen MR) is 75.9 cm³/mol. The van der Waals surface area contributed by atoms with Crippen LogP contribution in [0.3, 0.4) is 0 Å². The molecule has 1 aromatic rings. The van der Waals surface area contributed by atoms with E-state index >= 15 is 0 Å². The Balaban J connectivity index is 2.86. The number of rotatable bonds is 6. The molecule has 0 aliphatic rings. The number of hydrogen-bond acceptors (Lipinski definition) is 3. The number of methoxy groups -OCH3 is 1. The highest BCUT2D eigenvalue weighted by molar-refractivity contribution is 6.30. The third kappa shape index (κ3) is 4.15. The number of nitrogens with one attached hydrogen (secondary N) is 1. The summed E-state index contributed by atoms with van der Waals surface area (Å²) in [5, 5.41) is 11.5. The van der Waals surface area contributed by atoms with E-state index in [1.165, 1.54) is 33.1 Å². The summed E-state index contributed by atoms with van der Waals surface area (Å²) < 4.78 is 18.6. The molecule has 21 heavy (non-hydrogen) atoms. The molecule has 0 aromatic heterocycles. The van der Waals surface area contributed by atoms with Crippen LogP contribution in [0.5, 0.6) is 0 Å². The summed E-state index contributed by atoms with van der Waals surface area (Å²) >= 11 is 5.68. The van der Waals surface area contributed by atoms with E-state index in [0.29, 0.717) is 0 Å². The molecule has 116 valence electrons. The number of carboxylic acid groups (broad SMARTS) is 1. The summed E-state index contributed by atoms with van der Waals surface area (Å²) in [5.41, 5.74) is -1.00. The van der Waals surface area contributed by atoms with Gasteiger partial charge in [-0.1, -0.05) is 17.7 Å². The van der Waals surface area contributed by atoms with E-state index in [-0.39, 0.29) is 17.1 Å². The number of carbonyl (C=O) groups excluding carboxylic acids is 1. The van der Waals surface area contributed by atoms with E-state index in [2.05, 4.69) is 5.32 Å². The van der Waals surface area contributed by atoms with Gasteiger partial charge in [0.05, 0.1) is 12.0 Å². The van der Waals surface area contributed by atoms with Gasteiger partial charge in [-0.2, -0.15) is 0 Å². The number of benzene rings is 1. The lowest BCUT2D eigenvalue weighted by Gasteiger charge is -2.25. The second kappa shape index (κ2) is 6.87. The molecule has 7 heteroatoms. The Hall–Kier alpha value is -1.66. The van der Waals surface area contributed by atoms with Crippen molar-refractivity contribution in [1.29, 1.82) is 0 Å². The Morgan fingerprint density at radius 1 is 1.48 bits per heavy atom. The topological polar surface area (TPSA) is 75.6 Å². The fraction of sp³-hybridized carbons (Fsp3) is 0.429. The second-order valence-corrected chi connectivity index (χ2v) is 5.46. The van der Waals surface area contributed by atoms with Crippen LogP contribution in [0.4, 0.5) is 4.39 Å². The van der Waals surface area contributed by atoms with Gasteiger partial charge in [-0.15, -0.1) is 0 Å². The first-order chi connectivity index (χ1) is 9.70. The maximum absolute atomic E-state index is 13.9. The van der Waals surface area contributed by atoms with Crippen molar-refractivity contribution in [1.82, 2.24) is 5.32 Å². The van der Waals surface area contributed by atoms with Gasteiger partial charge in [0.1, 0.15) is 5.82 Å². The number of carboxylic acids is 1. The maximum atomic E-state index is 13.9. The molecular formula is C14H17ClFNO4. The average molecular weight is 318 g/mol. The number of ether oxygens (including phenoxy) is 1. The molecule has 0 saturated carbocycles. The Kier molecular flexibility index (Phi) is 5.69. The second-order valence-electron chi connectivity index (χ2n) is 5.02. The number of halogens is 2.